The van der Waals surface area contributed by atoms with Crippen LogP contribution in [0.5, 0.6) is 11.5 Å². The number of amides is 1. The highest BCUT2D eigenvalue weighted by atomic mass is 32.2. The number of thioether (sulfide) groups is 1. The van der Waals surface area contributed by atoms with E-state index >= 15 is 0 Å². The Bertz CT molecular complexity index is 962. The zero-order valence-electron chi connectivity index (χ0n) is 15.2. The lowest BCUT2D eigenvalue weighted by Gasteiger charge is -2.12. The Morgan fingerprint density at radius 1 is 1.18 bits per heavy atom. The Morgan fingerprint density at radius 3 is 2.57 bits per heavy atom. The average molecular weight is 421 g/mol. The molecule has 8 heteroatoms. The number of benzene rings is 2. The highest BCUT2D eigenvalue weighted by molar-refractivity contribution is 8.26. The van der Waals surface area contributed by atoms with Gasteiger partial charge in [0.15, 0.2) is 11.6 Å². The van der Waals surface area contributed by atoms with Crippen molar-refractivity contribution in [3.05, 3.63) is 64.1 Å². The van der Waals surface area contributed by atoms with E-state index in [2.05, 4.69) is 0 Å². The number of carbonyl (C=O) groups excluding carboxylic acids is 1. The van der Waals surface area contributed by atoms with Gasteiger partial charge in [-0.15, -0.1) is 0 Å². The largest absolute Gasteiger partial charge is 0.496 e. The van der Waals surface area contributed by atoms with Crippen LogP contribution in [0, 0.1) is 11.6 Å². The Morgan fingerprint density at radius 2 is 1.93 bits per heavy atom. The normalized spacial score (nSPS) is 15.4. The molecule has 0 spiro atoms. The molecular formula is C20H17F2NO3S2. The first kappa shape index (κ1) is 20.3. The number of ether oxygens (including phenoxy) is 2. The van der Waals surface area contributed by atoms with Crippen molar-refractivity contribution in [1.29, 1.82) is 0 Å². The number of methoxy groups -OCH3 is 1. The topological polar surface area (TPSA) is 38.8 Å². The number of nitrogens with zero attached hydrogens (tertiary/aromatic N) is 1. The fourth-order valence-electron chi connectivity index (χ4n) is 2.67. The van der Waals surface area contributed by atoms with E-state index in [1.165, 1.54) is 29.8 Å². The molecule has 0 unspecified atom stereocenters. The molecule has 3 rings (SSSR count). The van der Waals surface area contributed by atoms with Gasteiger partial charge in [0.2, 0.25) is 0 Å². The van der Waals surface area contributed by atoms with Crippen LogP contribution in [-0.4, -0.2) is 28.8 Å². The number of hydrogen-bond acceptors (Lipinski definition) is 5. The summed E-state index contributed by atoms with van der Waals surface area (Å²) in [6, 6.07) is 8.46. The molecule has 0 atom stereocenters. The van der Waals surface area contributed by atoms with E-state index in [-0.39, 0.29) is 18.3 Å². The second-order valence-corrected chi connectivity index (χ2v) is 7.54. The Labute approximate surface area is 171 Å². The second kappa shape index (κ2) is 8.70. The van der Waals surface area contributed by atoms with Crippen LogP contribution in [0.15, 0.2) is 41.3 Å². The van der Waals surface area contributed by atoms with Crippen LogP contribution in [0.2, 0.25) is 0 Å². The molecule has 1 aliphatic heterocycles. The van der Waals surface area contributed by atoms with Crippen molar-refractivity contribution < 1.29 is 23.0 Å². The predicted molar refractivity (Wildman–Crippen MR) is 109 cm³/mol. The summed E-state index contributed by atoms with van der Waals surface area (Å²) in [5.74, 6) is -1.08. The van der Waals surface area contributed by atoms with E-state index in [4.69, 9.17) is 21.7 Å². The van der Waals surface area contributed by atoms with Crippen molar-refractivity contribution in [3.63, 3.8) is 0 Å². The first-order chi connectivity index (χ1) is 13.4. The summed E-state index contributed by atoms with van der Waals surface area (Å²) in [5.41, 5.74) is 1.42. The van der Waals surface area contributed by atoms with Crippen molar-refractivity contribution in [2.75, 3.05) is 13.7 Å². The quantitative estimate of drug-likeness (QED) is 0.496. The molecule has 4 nitrogen and oxygen atoms in total. The lowest BCUT2D eigenvalue weighted by atomic mass is 10.1. The first-order valence-corrected chi connectivity index (χ1v) is 9.65. The highest BCUT2D eigenvalue weighted by Crippen LogP contribution is 2.33. The molecule has 1 heterocycles. The Kier molecular flexibility index (Phi) is 6.31. The highest BCUT2D eigenvalue weighted by Gasteiger charge is 2.30. The zero-order chi connectivity index (χ0) is 20.3. The van der Waals surface area contributed by atoms with Crippen molar-refractivity contribution in [2.45, 2.75) is 13.5 Å². The molecule has 146 valence electrons. The lowest BCUT2D eigenvalue weighted by Crippen LogP contribution is -2.27. The molecule has 0 saturated carbocycles. The maximum Gasteiger partial charge on any atom is 0.266 e. The van der Waals surface area contributed by atoms with Crippen LogP contribution >= 0.6 is 24.0 Å². The van der Waals surface area contributed by atoms with Gasteiger partial charge in [0.05, 0.1) is 12.0 Å². The molecule has 0 aromatic heterocycles. The fraction of sp³-hybridized carbons (Fsp3) is 0.200. The Balaban J connectivity index is 1.83. The molecule has 2 aromatic carbocycles. The van der Waals surface area contributed by atoms with E-state index < -0.39 is 11.6 Å². The maximum atomic E-state index is 13.8. The summed E-state index contributed by atoms with van der Waals surface area (Å²) in [6.45, 7) is 2.40. The van der Waals surface area contributed by atoms with Crippen LogP contribution in [0.3, 0.4) is 0 Å². The van der Waals surface area contributed by atoms with Crippen LogP contribution in [0.1, 0.15) is 18.1 Å². The average Bonchev–Trinajstić information content (AvgIpc) is 2.93. The number of hydrogen-bond donors (Lipinski definition) is 0. The number of thiocarbonyl (C=S) groups is 1. The van der Waals surface area contributed by atoms with Gasteiger partial charge in [0.1, 0.15) is 22.5 Å². The van der Waals surface area contributed by atoms with E-state index in [0.29, 0.717) is 27.1 Å². The number of likely N-dealkylation sites (N-methyl/N-ethyl adjacent to an activating group) is 1. The third-order valence-corrected chi connectivity index (χ3v) is 5.45. The minimum atomic E-state index is -0.779. The van der Waals surface area contributed by atoms with Gasteiger partial charge in [-0.2, -0.15) is 0 Å². The summed E-state index contributed by atoms with van der Waals surface area (Å²) in [6.07, 6.45) is 1.75. The molecule has 2 aromatic rings. The number of carbonyl (C=O) groups is 1. The number of halogens is 2. The van der Waals surface area contributed by atoms with E-state index in [1.807, 2.05) is 6.92 Å². The lowest BCUT2D eigenvalue weighted by molar-refractivity contribution is -0.121. The van der Waals surface area contributed by atoms with Gasteiger partial charge in [-0.05, 0) is 42.8 Å². The zero-order valence-corrected chi connectivity index (χ0v) is 16.8. The van der Waals surface area contributed by atoms with Crippen LogP contribution in [0.4, 0.5) is 8.78 Å². The van der Waals surface area contributed by atoms with Crippen molar-refractivity contribution in [1.82, 2.24) is 4.90 Å². The van der Waals surface area contributed by atoms with Gasteiger partial charge in [0.25, 0.3) is 5.91 Å². The van der Waals surface area contributed by atoms with E-state index in [0.717, 1.165) is 17.7 Å². The smallest absolute Gasteiger partial charge is 0.266 e. The van der Waals surface area contributed by atoms with Crippen LogP contribution in [-0.2, 0) is 11.4 Å². The molecule has 28 heavy (non-hydrogen) atoms. The summed E-state index contributed by atoms with van der Waals surface area (Å²) in [7, 11) is 1.52. The van der Waals surface area contributed by atoms with Gasteiger partial charge >= 0.3 is 0 Å². The molecule has 0 N–H and O–H groups in total. The SMILES string of the molecule is CCN1C(=O)C(=Cc2ccc(OC)c(COc3ccc(F)cc3F)c2)SC1=S. The molecule has 1 aliphatic rings. The van der Waals surface area contributed by atoms with Gasteiger partial charge in [-0.1, -0.05) is 30.0 Å². The minimum Gasteiger partial charge on any atom is -0.496 e. The molecule has 0 radical (unpaired) electrons. The van der Waals surface area contributed by atoms with Gasteiger partial charge in [-0.25, -0.2) is 8.78 Å². The van der Waals surface area contributed by atoms with E-state index in [1.54, 1.807) is 24.3 Å². The van der Waals surface area contributed by atoms with Gasteiger partial charge in [-0.3, -0.25) is 9.69 Å². The standard InChI is InChI=1S/C20H17F2NO3S2/c1-3-23-19(24)18(28-20(23)27)9-12-4-6-16(25-2)13(8-12)11-26-17-7-5-14(21)10-15(17)22/h4-10H,3,11H2,1-2H3. The fourth-order valence-corrected chi connectivity index (χ4v) is 4.06. The summed E-state index contributed by atoms with van der Waals surface area (Å²) >= 11 is 6.47. The summed E-state index contributed by atoms with van der Waals surface area (Å²) in [4.78, 5) is 14.4. The van der Waals surface area contributed by atoms with E-state index in [9.17, 15) is 13.6 Å². The van der Waals surface area contributed by atoms with Crippen molar-refractivity contribution >= 4 is 40.3 Å². The number of rotatable bonds is 6. The molecule has 1 amide bonds. The third-order valence-electron chi connectivity index (χ3n) is 4.07. The molecule has 1 saturated heterocycles. The van der Waals surface area contributed by atoms with Crippen molar-refractivity contribution in [3.8, 4) is 11.5 Å². The summed E-state index contributed by atoms with van der Waals surface area (Å²) < 4.78 is 38.1. The minimum absolute atomic E-state index is 0.0172. The van der Waals surface area contributed by atoms with Gasteiger partial charge in [0, 0.05) is 18.2 Å². The molecule has 0 bridgehead atoms. The molecule has 0 aliphatic carbocycles. The Hall–Kier alpha value is -2.45. The van der Waals surface area contributed by atoms with Crippen LogP contribution in [0.25, 0.3) is 6.08 Å². The summed E-state index contributed by atoms with van der Waals surface area (Å²) in [5, 5.41) is 0. The van der Waals surface area contributed by atoms with Gasteiger partial charge < -0.3 is 9.47 Å². The van der Waals surface area contributed by atoms with Crippen molar-refractivity contribution in [2.24, 2.45) is 0 Å². The molecular weight excluding hydrogens is 404 g/mol. The third kappa shape index (κ3) is 4.34. The maximum absolute atomic E-state index is 13.8. The first-order valence-electron chi connectivity index (χ1n) is 8.43. The monoisotopic (exact) mass is 421 g/mol. The predicted octanol–water partition coefficient (Wildman–Crippen LogP) is 4.77. The molecule has 1 fully saturated rings. The second-order valence-electron chi connectivity index (χ2n) is 5.86. The van der Waals surface area contributed by atoms with Crippen LogP contribution < -0.4 is 9.47 Å².